The Kier molecular flexibility index (Phi) is 5.48. The third-order valence-corrected chi connectivity index (χ3v) is 7.69. The maximum absolute atomic E-state index is 13.6. The van der Waals surface area contributed by atoms with E-state index in [0.717, 1.165) is 46.6 Å². The Bertz CT molecular complexity index is 1450. The highest BCUT2D eigenvalue weighted by molar-refractivity contribution is 6.02. The van der Waals surface area contributed by atoms with Crippen LogP contribution >= 0.6 is 0 Å². The molecule has 2 aliphatic rings. The van der Waals surface area contributed by atoms with E-state index in [9.17, 15) is 9.59 Å². The van der Waals surface area contributed by atoms with Crippen molar-refractivity contribution in [2.75, 3.05) is 37.6 Å². The molecular formula is C29H29N5O2. The highest BCUT2D eigenvalue weighted by Gasteiger charge is 2.41. The number of nitrogens with zero attached hydrogens (tertiary/aromatic N) is 5. The van der Waals surface area contributed by atoms with E-state index in [2.05, 4.69) is 40.6 Å². The second-order valence-electron chi connectivity index (χ2n) is 9.55. The molecule has 2 aromatic heterocycles. The van der Waals surface area contributed by atoms with Crippen molar-refractivity contribution in [2.45, 2.75) is 13.0 Å². The molecule has 0 radical (unpaired) electrons. The fourth-order valence-electron chi connectivity index (χ4n) is 5.71. The number of pyridine rings is 1. The number of hydrogen-bond acceptors (Lipinski definition) is 4. The second-order valence-corrected chi connectivity index (χ2v) is 9.55. The number of carbonyl (C=O) groups excluding carboxylic acids is 2. The minimum absolute atomic E-state index is 0.0142. The predicted octanol–water partition coefficient (Wildman–Crippen LogP) is 3.78. The summed E-state index contributed by atoms with van der Waals surface area (Å²) in [5.41, 5.74) is 4.97. The van der Waals surface area contributed by atoms with Crippen molar-refractivity contribution in [1.29, 1.82) is 0 Å². The third kappa shape index (κ3) is 3.54. The smallest absolute Gasteiger partial charge is 0.255 e. The SMILES string of the molecule is Cc1c(C2c3ccccc3C(=O)N2CC(=O)N2CCN(c3ccccn3)CC2)c2ccccc2n1C. The molecule has 1 saturated heterocycles. The van der Waals surface area contributed by atoms with Crippen molar-refractivity contribution in [1.82, 2.24) is 19.4 Å². The summed E-state index contributed by atoms with van der Waals surface area (Å²) in [7, 11) is 2.06. The summed E-state index contributed by atoms with van der Waals surface area (Å²) in [5, 5.41) is 1.12. The van der Waals surface area contributed by atoms with Gasteiger partial charge in [0.05, 0.1) is 6.04 Å². The molecule has 0 N–H and O–H groups in total. The van der Waals surface area contributed by atoms with E-state index >= 15 is 0 Å². The summed E-state index contributed by atoms with van der Waals surface area (Å²) in [6.45, 7) is 4.83. The minimum Gasteiger partial charge on any atom is -0.353 e. The molecule has 0 saturated carbocycles. The van der Waals surface area contributed by atoms with Gasteiger partial charge in [0.25, 0.3) is 5.91 Å². The van der Waals surface area contributed by atoms with Crippen LogP contribution in [0, 0.1) is 6.92 Å². The van der Waals surface area contributed by atoms with Crippen LogP contribution < -0.4 is 4.90 Å². The van der Waals surface area contributed by atoms with Gasteiger partial charge in [-0.1, -0.05) is 42.5 Å². The standard InChI is InChI=1S/C29H29N5O2/c1-20-27(23-11-5-6-12-24(23)31(20)2)28-21-9-3-4-10-22(21)29(36)34(28)19-26(35)33-17-15-32(16-18-33)25-13-7-8-14-30-25/h3-14,28H,15-19H2,1-2H3. The number of amides is 2. The van der Waals surface area contributed by atoms with E-state index in [4.69, 9.17) is 0 Å². The first kappa shape index (κ1) is 22.3. The third-order valence-electron chi connectivity index (χ3n) is 7.69. The van der Waals surface area contributed by atoms with Crippen LogP contribution in [0.25, 0.3) is 10.9 Å². The molecule has 6 rings (SSSR count). The van der Waals surface area contributed by atoms with Gasteiger partial charge >= 0.3 is 0 Å². The lowest BCUT2D eigenvalue weighted by Gasteiger charge is -2.36. The topological polar surface area (TPSA) is 61.7 Å². The molecule has 36 heavy (non-hydrogen) atoms. The maximum atomic E-state index is 13.6. The molecule has 0 bridgehead atoms. The van der Waals surface area contributed by atoms with Crippen LogP contribution in [0.5, 0.6) is 0 Å². The Labute approximate surface area is 210 Å². The summed E-state index contributed by atoms with van der Waals surface area (Å²) in [6, 6.07) is 21.6. The number of fused-ring (bicyclic) bond motifs is 2. The van der Waals surface area contributed by atoms with Crippen LogP contribution in [0.2, 0.25) is 0 Å². The molecule has 1 atom stereocenters. The number of benzene rings is 2. The van der Waals surface area contributed by atoms with Gasteiger partial charge in [-0.25, -0.2) is 4.98 Å². The molecule has 2 aliphatic heterocycles. The minimum atomic E-state index is -0.293. The largest absolute Gasteiger partial charge is 0.353 e. The van der Waals surface area contributed by atoms with Crippen molar-refractivity contribution in [3.05, 3.63) is 95.3 Å². The Morgan fingerprint density at radius 2 is 1.67 bits per heavy atom. The number of carbonyl (C=O) groups is 2. The quantitative estimate of drug-likeness (QED) is 0.447. The average Bonchev–Trinajstić information content (AvgIpc) is 3.34. The van der Waals surface area contributed by atoms with Gasteiger partial charge in [-0.2, -0.15) is 0 Å². The van der Waals surface area contributed by atoms with Gasteiger partial charge in [-0.05, 0) is 36.8 Å². The van der Waals surface area contributed by atoms with Gasteiger partial charge in [0.1, 0.15) is 12.4 Å². The molecular weight excluding hydrogens is 450 g/mol. The van der Waals surface area contributed by atoms with Crippen molar-refractivity contribution in [2.24, 2.45) is 7.05 Å². The number of aromatic nitrogens is 2. The number of anilines is 1. The molecule has 7 heteroatoms. The summed E-state index contributed by atoms with van der Waals surface area (Å²) in [5.74, 6) is 0.837. The van der Waals surface area contributed by atoms with Gasteiger partial charge in [-0.3, -0.25) is 9.59 Å². The molecule has 7 nitrogen and oxygen atoms in total. The molecule has 1 unspecified atom stereocenters. The Morgan fingerprint density at radius 3 is 2.44 bits per heavy atom. The molecule has 0 spiro atoms. The van der Waals surface area contributed by atoms with Crippen LogP contribution in [-0.4, -0.2) is 63.9 Å². The van der Waals surface area contributed by atoms with E-state index in [1.807, 2.05) is 59.5 Å². The van der Waals surface area contributed by atoms with Gasteiger partial charge in [-0.15, -0.1) is 0 Å². The second kappa shape index (κ2) is 8.82. The van der Waals surface area contributed by atoms with Gasteiger partial charge in [0, 0.05) is 67.1 Å². The lowest BCUT2D eigenvalue weighted by Crippen LogP contribution is -2.51. The predicted molar refractivity (Wildman–Crippen MR) is 140 cm³/mol. The van der Waals surface area contributed by atoms with Crippen molar-refractivity contribution >= 4 is 28.5 Å². The number of aryl methyl sites for hydroxylation is 1. The molecule has 4 aromatic rings. The number of piperazine rings is 1. The number of rotatable bonds is 4. The summed E-state index contributed by atoms with van der Waals surface area (Å²) < 4.78 is 2.17. The maximum Gasteiger partial charge on any atom is 0.255 e. The first-order valence-electron chi connectivity index (χ1n) is 12.4. The summed E-state index contributed by atoms with van der Waals surface area (Å²) in [6.07, 6.45) is 1.79. The zero-order valence-electron chi connectivity index (χ0n) is 20.6. The van der Waals surface area contributed by atoms with Gasteiger partial charge in [0.15, 0.2) is 0 Å². The summed E-state index contributed by atoms with van der Waals surface area (Å²) in [4.78, 5) is 37.4. The molecule has 2 amide bonds. The van der Waals surface area contributed by atoms with E-state index in [0.29, 0.717) is 18.7 Å². The molecule has 0 aliphatic carbocycles. The Morgan fingerprint density at radius 1 is 0.944 bits per heavy atom. The van der Waals surface area contributed by atoms with Crippen LogP contribution in [0.3, 0.4) is 0 Å². The highest BCUT2D eigenvalue weighted by Crippen LogP contribution is 2.43. The van der Waals surface area contributed by atoms with E-state index in [-0.39, 0.29) is 24.4 Å². The Balaban J connectivity index is 1.30. The summed E-state index contributed by atoms with van der Waals surface area (Å²) >= 11 is 0. The van der Waals surface area contributed by atoms with E-state index in [1.165, 1.54) is 0 Å². The Hall–Kier alpha value is -4.13. The number of hydrogen-bond donors (Lipinski definition) is 0. The normalized spacial score (nSPS) is 17.7. The first-order chi connectivity index (χ1) is 17.5. The highest BCUT2D eigenvalue weighted by atomic mass is 16.2. The van der Waals surface area contributed by atoms with Gasteiger partial charge in [0.2, 0.25) is 5.91 Å². The van der Waals surface area contributed by atoms with Crippen molar-refractivity contribution < 1.29 is 9.59 Å². The van der Waals surface area contributed by atoms with Crippen LogP contribution in [0.4, 0.5) is 5.82 Å². The lowest BCUT2D eigenvalue weighted by atomic mass is 9.95. The fourth-order valence-corrected chi connectivity index (χ4v) is 5.71. The number of para-hydroxylation sites is 1. The zero-order valence-corrected chi connectivity index (χ0v) is 20.6. The zero-order chi connectivity index (χ0) is 24.8. The van der Waals surface area contributed by atoms with Crippen molar-refractivity contribution in [3.8, 4) is 0 Å². The average molecular weight is 480 g/mol. The van der Waals surface area contributed by atoms with Crippen LogP contribution in [0.1, 0.15) is 33.2 Å². The lowest BCUT2D eigenvalue weighted by molar-refractivity contribution is -0.132. The molecule has 2 aromatic carbocycles. The van der Waals surface area contributed by atoms with E-state index in [1.54, 1.807) is 11.1 Å². The molecule has 1 fully saturated rings. The molecule has 4 heterocycles. The van der Waals surface area contributed by atoms with E-state index < -0.39 is 0 Å². The first-order valence-corrected chi connectivity index (χ1v) is 12.4. The monoisotopic (exact) mass is 479 g/mol. The van der Waals surface area contributed by atoms with Crippen LogP contribution in [0.15, 0.2) is 72.9 Å². The van der Waals surface area contributed by atoms with Crippen molar-refractivity contribution in [3.63, 3.8) is 0 Å². The fraction of sp³-hybridized carbons (Fsp3) is 0.276. The van der Waals surface area contributed by atoms with Gasteiger partial charge < -0.3 is 19.3 Å². The van der Waals surface area contributed by atoms with Crippen LogP contribution in [-0.2, 0) is 11.8 Å². The molecule has 182 valence electrons.